The first-order chi connectivity index (χ1) is 6.59. The highest BCUT2D eigenvalue weighted by Crippen LogP contribution is 2.03. The Labute approximate surface area is 83.1 Å². The van der Waals surface area contributed by atoms with Crippen LogP contribution >= 0.6 is 0 Å². The molecule has 0 saturated heterocycles. The van der Waals surface area contributed by atoms with Crippen molar-refractivity contribution < 1.29 is 9.18 Å². The molecule has 0 aliphatic carbocycles. The second kappa shape index (κ2) is 4.86. The summed E-state index contributed by atoms with van der Waals surface area (Å²) in [5.74, 6) is -0.336. The van der Waals surface area contributed by atoms with E-state index in [2.05, 4.69) is 5.32 Å². The quantitative estimate of drug-likeness (QED) is 0.744. The third-order valence-corrected chi connectivity index (χ3v) is 1.84. The molecule has 1 aromatic carbocycles. The highest BCUT2D eigenvalue weighted by molar-refractivity contribution is 5.97. The van der Waals surface area contributed by atoms with Crippen LogP contribution in [0.3, 0.4) is 0 Å². The van der Waals surface area contributed by atoms with Crippen LogP contribution in [-0.4, -0.2) is 18.4 Å². The third kappa shape index (κ3) is 3.26. The van der Waals surface area contributed by atoms with Crippen molar-refractivity contribution in [3.05, 3.63) is 35.6 Å². The lowest BCUT2D eigenvalue weighted by atomic mass is 10.1. The topological polar surface area (TPSA) is 29.1 Å². The van der Waals surface area contributed by atoms with Gasteiger partial charge in [-0.25, -0.2) is 4.39 Å². The van der Waals surface area contributed by atoms with Crippen molar-refractivity contribution in [3.8, 4) is 0 Å². The van der Waals surface area contributed by atoms with E-state index in [1.165, 1.54) is 24.3 Å². The number of hydrogen-bond donors (Lipinski definition) is 1. The molecule has 2 nitrogen and oxygen atoms in total. The number of carbonyl (C=O) groups is 1. The second-order valence-corrected chi connectivity index (χ2v) is 3.47. The zero-order valence-electron chi connectivity index (χ0n) is 8.38. The molecule has 3 heteroatoms. The fourth-order valence-electron chi connectivity index (χ4n) is 1.03. The highest BCUT2D eigenvalue weighted by Gasteiger charge is 2.05. The smallest absolute Gasteiger partial charge is 0.176 e. The fourth-order valence-corrected chi connectivity index (χ4v) is 1.03. The van der Waals surface area contributed by atoms with E-state index in [9.17, 15) is 9.18 Å². The van der Waals surface area contributed by atoms with Crippen molar-refractivity contribution >= 4 is 5.78 Å². The maximum atomic E-state index is 12.5. The lowest BCUT2D eigenvalue weighted by Gasteiger charge is -2.06. The molecule has 0 amide bonds. The third-order valence-electron chi connectivity index (χ3n) is 1.84. The molecule has 0 heterocycles. The van der Waals surface area contributed by atoms with E-state index in [1.54, 1.807) is 0 Å². The van der Waals surface area contributed by atoms with Gasteiger partial charge in [0.05, 0.1) is 6.54 Å². The first kappa shape index (κ1) is 10.9. The maximum Gasteiger partial charge on any atom is 0.176 e. The summed E-state index contributed by atoms with van der Waals surface area (Å²) in [6.07, 6.45) is 0. The van der Waals surface area contributed by atoms with Gasteiger partial charge in [0.25, 0.3) is 0 Å². The first-order valence-electron chi connectivity index (χ1n) is 4.61. The van der Waals surface area contributed by atoms with Gasteiger partial charge in [0.1, 0.15) is 5.82 Å². The van der Waals surface area contributed by atoms with E-state index < -0.39 is 0 Å². The molecule has 14 heavy (non-hydrogen) atoms. The van der Waals surface area contributed by atoms with Crippen LogP contribution in [0.1, 0.15) is 24.2 Å². The summed E-state index contributed by atoms with van der Waals surface area (Å²) in [5, 5.41) is 3.02. The predicted octanol–water partition coefficient (Wildman–Crippen LogP) is 2.01. The molecular weight excluding hydrogens is 181 g/mol. The van der Waals surface area contributed by atoms with Gasteiger partial charge in [0, 0.05) is 11.6 Å². The van der Waals surface area contributed by atoms with E-state index in [4.69, 9.17) is 0 Å². The van der Waals surface area contributed by atoms with Gasteiger partial charge in [0.15, 0.2) is 5.78 Å². The van der Waals surface area contributed by atoms with Crippen LogP contribution in [0.4, 0.5) is 4.39 Å². The Balaban J connectivity index is 2.57. The molecule has 0 bridgehead atoms. The highest BCUT2D eigenvalue weighted by atomic mass is 19.1. The molecule has 1 aromatic rings. The van der Waals surface area contributed by atoms with Gasteiger partial charge in [-0.3, -0.25) is 4.79 Å². The molecule has 0 unspecified atom stereocenters. The van der Waals surface area contributed by atoms with E-state index in [0.29, 0.717) is 12.1 Å². The summed E-state index contributed by atoms with van der Waals surface area (Å²) in [7, 11) is 0. The molecule has 0 aliphatic heterocycles. The van der Waals surface area contributed by atoms with Crippen LogP contribution in [0.15, 0.2) is 24.3 Å². The summed E-state index contributed by atoms with van der Waals surface area (Å²) in [6.45, 7) is 4.24. The van der Waals surface area contributed by atoms with Gasteiger partial charge in [-0.2, -0.15) is 0 Å². The summed E-state index contributed by atoms with van der Waals surface area (Å²) >= 11 is 0. The van der Waals surface area contributed by atoms with Crippen LogP contribution in [-0.2, 0) is 0 Å². The monoisotopic (exact) mass is 195 g/mol. The first-order valence-corrected chi connectivity index (χ1v) is 4.61. The van der Waals surface area contributed by atoms with Crippen molar-refractivity contribution in [1.29, 1.82) is 0 Å². The minimum absolute atomic E-state index is 0.0151. The Morgan fingerprint density at radius 2 is 1.93 bits per heavy atom. The molecule has 76 valence electrons. The van der Waals surface area contributed by atoms with Gasteiger partial charge in [-0.05, 0) is 24.3 Å². The van der Waals surface area contributed by atoms with Crippen LogP contribution in [0.5, 0.6) is 0 Å². The number of benzene rings is 1. The van der Waals surface area contributed by atoms with Crippen molar-refractivity contribution in [2.24, 2.45) is 0 Å². The SMILES string of the molecule is CC(C)NCC(=O)c1ccc(F)cc1. The van der Waals surface area contributed by atoms with Gasteiger partial charge in [-0.15, -0.1) is 0 Å². The number of ketones is 1. The van der Waals surface area contributed by atoms with Crippen LogP contribution < -0.4 is 5.32 Å². The summed E-state index contributed by atoms with van der Waals surface area (Å²) in [4.78, 5) is 11.5. The standard InChI is InChI=1S/C11H14FNO/c1-8(2)13-7-11(14)9-3-5-10(12)6-4-9/h3-6,8,13H,7H2,1-2H3. The van der Waals surface area contributed by atoms with E-state index in [-0.39, 0.29) is 17.6 Å². The van der Waals surface area contributed by atoms with Gasteiger partial charge < -0.3 is 5.32 Å². The Morgan fingerprint density at radius 3 is 2.43 bits per heavy atom. The molecule has 0 saturated carbocycles. The van der Waals surface area contributed by atoms with E-state index in [1.807, 2.05) is 13.8 Å². The largest absolute Gasteiger partial charge is 0.307 e. The molecule has 0 spiro atoms. The lowest BCUT2D eigenvalue weighted by molar-refractivity contribution is 0.0988. The van der Waals surface area contributed by atoms with Crippen molar-refractivity contribution in [3.63, 3.8) is 0 Å². The van der Waals surface area contributed by atoms with Crippen LogP contribution in [0.2, 0.25) is 0 Å². The molecule has 0 aromatic heterocycles. The molecule has 1 rings (SSSR count). The van der Waals surface area contributed by atoms with Gasteiger partial charge in [0.2, 0.25) is 0 Å². The zero-order chi connectivity index (χ0) is 10.6. The number of Topliss-reactive ketones (excluding diaryl/α,β-unsaturated/α-hetero) is 1. The average Bonchev–Trinajstić information content (AvgIpc) is 2.15. The minimum Gasteiger partial charge on any atom is -0.307 e. The minimum atomic E-state index is -0.321. The van der Waals surface area contributed by atoms with Crippen molar-refractivity contribution in [1.82, 2.24) is 5.32 Å². The summed E-state index contributed by atoms with van der Waals surface area (Å²) in [6, 6.07) is 5.87. The van der Waals surface area contributed by atoms with Crippen LogP contribution in [0, 0.1) is 5.82 Å². The van der Waals surface area contributed by atoms with E-state index >= 15 is 0 Å². The number of nitrogens with one attached hydrogen (secondary N) is 1. The molecule has 0 aliphatic rings. The summed E-state index contributed by atoms with van der Waals surface area (Å²) < 4.78 is 12.5. The zero-order valence-corrected chi connectivity index (χ0v) is 8.38. The second-order valence-electron chi connectivity index (χ2n) is 3.47. The van der Waals surface area contributed by atoms with Gasteiger partial charge in [-0.1, -0.05) is 13.8 Å². The van der Waals surface area contributed by atoms with Crippen molar-refractivity contribution in [2.75, 3.05) is 6.54 Å². The Bertz CT molecular complexity index is 306. The molecule has 0 fully saturated rings. The normalized spacial score (nSPS) is 10.6. The van der Waals surface area contributed by atoms with Crippen LogP contribution in [0.25, 0.3) is 0 Å². The fraction of sp³-hybridized carbons (Fsp3) is 0.364. The number of hydrogen-bond acceptors (Lipinski definition) is 2. The van der Waals surface area contributed by atoms with E-state index in [0.717, 1.165) is 0 Å². The average molecular weight is 195 g/mol. The molecule has 0 radical (unpaired) electrons. The predicted molar refractivity (Wildman–Crippen MR) is 53.9 cm³/mol. The van der Waals surface area contributed by atoms with Gasteiger partial charge >= 0.3 is 0 Å². The maximum absolute atomic E-state index is 12.5. The molecule has 1 N–H and O–H groups in total. The summed E-state index contributed by atoms with van der Waals surface area (Å²) in [5.41, 5.74) is 0.541. The molecular formula is C11H14FNO. The van der Waals surface area contributed by atoms with Crippen molar-refractivity contribution in [2.45, 2.75) is 19.9 Å². The Hall–Kier alpha value is -1.22. The number of carbonyl (C=O) groups excluding carboxylic acids is 1. The molecule has 0 atom stereocenters. The lowest BCUT2D eigenvalue weighted by Crippen LogP contribution is -2.29. The number of rotatable bonds is 4. The Kier molecular flexibility index (Phi) is 3.77. The number of halogens is 1. The Morgan fingerprint density at radius 1 is 1.36 bits per heavy atom.